The smallest absolute Gasteiger partial charge is 0.307 e. The molecule has 2 aromatic rings. The zero-order valence-corrected chi connectivity index (χ0v) is 11.9. The number of methoxy groups -OCH3 is 1. The molecular weight excluding hydrogens is 277 g/mol. The van der Waals surface area contributed by atoms with Gasteiger partial charge in [0.15, 0.2) is 0 Å². The van der Waals surface area contributed by atoms with Crippen LogP contribution < -0.4 is 0 Å². The van der Waals surface area contributed by atoms with E-state index in [0.717, 1.165) is 6.07 Å². The molecule has 1 aromatic heterocycles. The highest BCUT2D eigenvalue weighted by molar-refractivity contribution is 6.04. The molecule has 2 rings (SSSR count). The van der Waals surface area contributed by atoms with Crippen LogP contribution in [-0.4, -0.2) is 46.9 Å². The summed E-state index contributed by atoms with van der Waals surface area (Å²) in [5.41, 5.74) is 1.05. The second kappa shape index (κ2) is 6.34. The van der Waals surface area contributed by atoms with E-state index in [-0.39, 0.29) is 24.4 Å². The molecule has 112 valence electrons. The van der Waals surface area contributed by atoms with E-state index < -0.39 is 11.8 Å². The summed E-state index contributed by atoms with van der Waals surface area (Å²) in [4.78, 5) is 32.0. The molecular formula is C14H16FN3O3. The largest absolute Gasteiger partial charge is 0.469 e. The van der Waals surface area contributed by atoms with Crippen LogP contribution in [0.4, 0.5) is 4.39 Å². The molecule has 0 bridgehead atoms. The van der Waals surface area contributed by atoms with E-state index >= 15 is 0 Å². The number of imidazole rings is 1. The van der Waals surface area contributed by atoms with Crippen LogP contribution in [-0.2, 0) is 9.53 Å². The van der Waals surface area contributed by atoms with Gasteiger partial charge >= 0.3 is 5.97 Å². The van der Waals surface area contributed by atoms with E-state index in [2.05, 4.69) is 14.7 Å². The fraction of sp³-hybridized carbons (Fsp3) is 0.357. The van der Waals surface area contributed by atoms with Gasteiger partial charge in [0.1, 0.15) is 11.3 Å². The number of fused-ring (bicyclic) bond motifs is 1. The van der Waals surface area contributed by atoms with Crippen molar-refractivity contribution >= 4 is 22.9 Å². The van der Waals surface area contributed by atoms with Crippen molar-refractivity contribution in [1.82, 2.24) is 14.9 Å². The van der Waals surface area contributed by atoms with Crippen molar-refractivity contribution in [3.05, 3.63) is 29.8 Å². The first-order valence-electron chi connectivity index (χ1n) is 6.55. The zero-order chi connectivity index (χ0) is 15.4. The number of benzene rings is 1. The topological polar surface area (TPSA) is 75.3 Å². The maximum Gasteiger partial charge on any atom is 0.307 e. The first kappa shape index (κ1) is 15.0. The number of carbonyl (C=O) groups excluding carboxylic acids is 2. The lowest BCUT2D eigenvalue weighted by molar-refractivity contribution is -0.140. The number of halogens is 1. The van der Waals surface area contributed by atoms with Gasteiger partial charge in [0.05, 0.1) is 30.9 Å². The van der Waals surface area contributed by atoms with Gasteiger partial charge in [0.2, 0.25) is 0 Å². The Hall–Kier alpha value is -2.44. The quantitative estimate of drug-likeness (QED) is 0.852. The van der Waals surface area contributed by atoms with Gasteiger partial charge < -0.3 is 14.6 Å². The monoisotopic (exact) mass is 293 g/mol. The molecule has 0 spiro atoms. The van der Waals surface area contributed by atoms with Gasteiger partial charge in [-0.3, -0.25) is 9.59 Å². The normalized spacial score (nSPS) is 10.6. The molecule has 0 aliphatic heterocycles. The third-order valence-electron chi connectivity index (χ3n) is 3.20. The van der Waals surface area contributed by atoms with Crippen LogP contribution in [0.1, 0.15) is 23.7 Å². The van der Waals surface area contributed by atoms with Gasteiger partial charge in [-0.1, -0.05) is 0 Å². The van der Waals surface area contributed by atoms with Crippen LogP contribution in [0.15, 0.2) is 18.5 Å². The van der Waals surface area contributed by atoms with Gasteiger partial charge in [-0.15, -0.1) is 0 Å². The van der Waals surface area contributed by atoms with Crippen LogP contribution in [0.2, 0.25) is 0 Å². The van der Waals surface area contributed by atoms with Gasteiger partial charge in [-0.25, -0.2) is 9.37 Å². The minimum atomic E-state index is -0.515. The number of carbonyl (C=O) groups is 2. The summed E-state index contributed by atoms with van der Waals surface area (Å²) >= 11 is 0. The van der Waals surface area contributed by atoms with E-state index in [1.54, 1.807) is 6.92 Å². The van der Waals surface area contributed by atoms with Gasteiger partial charge in [0.25, 0.3) is 5.91 Å². The van der Waals surface area contributed by atoms with Crippen molar-refractivity contribution in [2.24, 2.45) is 0 Å². The van der Waals surface area contributed by atoms with Crippen molar-refractivity contribution in [1.29, 1.82) is 0 Å². The Balaban J connectivity index is 2.27. The number of hydrogen-bond acceptors (Lipinski definition) is 4. The summed E-state index contributed by atoms with van der Waals surface area (Å²) in [5, 5.41) is 0. The predicted octanol–water partition coefficient (Wildman–Crippen LogP) is 1.73. The summed E-state index contributed by atoms with van der Waals surface area (Å²) in [6, 6.07) is 2.44. The first-order chi connectivity index (χ1) is 10.1. The number of aromatic amines is 1. The fourth-order valence-corrected chi connectivity index (χ4v) is 2.08. The third-order valence-corrected chi connectivity index (χ3v) is 3.20. The number of amides is 1. The van der Waals surface area contributed by atoms with Gasteiger partial charge in [0, 0.05) is 13.1 Å². The number of nitrogens with zero attached hydrogens (tertiary/aromatic N) is 2. The molecule has 0 saturated carbocycles. The summed E-state index contributed by atoms with van der Waals surface area (Å²) in [5.74, 6) is -1.28. The molecule has 1 aromatic carbocycles. The maximum atomic E-state index is 13.6. The second-order valence-corrected chi connectivity index (χ2v) is 4.46. The zero-order valence-electron chi connectivity index (χ0n) is 11.9. The summed E-state index contributed by atoms with van der Waals surface area (Å²) < 4.78 is 18.1. The average molecular weight is 293 g/mol. The fourth-order valence-electron chi connectivity index (χ4n) is 2.08. The summed E-state index contributed by atoms with van der Waals surface area (Å²) in [6.07, 6.45) is 1.50. The predicted molar refractivity (Wildman–Crippen MR) is 74.3 cm³/mol. The lowest BCUT2D eigenvalue weighted by Crippen LogP contribution is -2.33. The second-order valence-electron chi connectivity index (χ2n) is 4.46. The van der Waals surface area contributed by atoms with E-state index in [4.69, 9.17) is 0 Å². The number of nitrogens with one attached hydrogen (secondary N) is 1. The van der Waals surface area contributed by atoms with Crippen LogP contribution in [0.3, 0.4) is 0 Å². The number of rotatable bonds is 5. The summed E-state index contributed by atoms with van der Waals surface area (Å²) in [7, 11) is 1.29. The molecule has 6 nitrogen and oxygen atoms in total. The van der Waals surface area contributed by atoms with Crippen LogP contribution in [0.5, 0.6) is 0 Å². The molecule has 1 N–H and O–H groups in total. The third kappa shape index (κ3) is 3.18. The minimum Gasteiger partial charge on any atom is -0.469 e. The Morgan fingerprint density at radius 3 is 2.86 bits per heavy atom. The minimum absolute atomic E-state index is 0.0924. The van der Waals surface area contributed by atoms with E-state index in [1.165, 1.54) is 24.4 Å². The molecule has 0 aliphatic carbocycles. The van der Waals surface area contributed by atoms with Crippen molar-refractivity contribution in [3.8, 4) is 0 Å². The molecule has 0 radical (unpaired) electrons. The van der Waals surface area contributed by atoms with Gasteiger partial charge in [-0.05, 0) is 19.1 Å². The Morgan fingerprint density at radius 1 is 1.43 bits per heavy atom. The van der Waals surface area contributed by atoms with E-state index in [1.807, 2.05) is 0 Å². The Labute approximate surface area is 120 Å². The maximum absolute atomic E-state index is 13.6. The molecule has 0 saturated heterocycles. The van der Waals surface area contributed by atoms with Crippen LogP contribution in [0, 0.1) is 5.82 Å². The molecule has 1 amide bonds. The number of ether oxygens (including phenoxy) is 1. The lowest BCUT2D eigenvalue weighted by Gasteiger charge is -2.20. The molecule has 21 heavy (non-hydrogen) atoms. The van der Waals surface area contributed by atoms with Crippen molar-refractivity contribution in [3.63, 3.8) is 0 Å². The highest BCUT2D eigenvalue weighted by Gasteiger charge is 2.20. The highest BCUT2D eigenvalue weighted by atomic mass is 19.1. The van der Waals surface area contributed by atoms with E-state index in [9.17, 15) is 14.0 Å². The van der Waals surface area contributed by atoms with Crippen LogP contribution in [0.25, 0.3) is 11.0 Å². The molecule has 0 fully saturated rings. The lowest BCUT2D eigenvalue weighted by atomic mass is 10.1. The molecule has 0 aliphatic rings. The number of esters is 1. The molecule has 1 heterocycles. The molecule has 0 atom stereocenters. The molecule has 0 unspecified atom stereocenters. The molecule has 7 heteroatoms. The standard InChI is InChI=1S/C14H16FN3O3/c1-3-18(5-4-12(19)21-2)14(20)10-6-9(15)7-11-13(10)17-8-16-11/h6-8H,3-5H2,1-2H3,(H,16,17). The highest BCUT2D eigenvalue weighted by Crippen LogP contribution is 2.19. The average Bonchev–Trinajstić information content (AvgIpc) is 2.94. The van der Waals surface area contributed by atoms with E-state index in [0.29, 0.717) is 17.6 Å². The Morgan fingerprint density at radius 2 is 2.19 bits per heavy atom. The van der Waals surface area contributed by atoms with Crippen molar-refractivity contribution < 1.29 is 18.7 Å². The first-order valence-corrected chi connectivity index (χ1v) is 6.55. The SMILES string of the molecule is CCN(CCC(=O)OC)C(=O)c1cc(F)cc2[nH]cnc12. The van der Waals surface area contributed by atoms with Gasteiger partial charge in [-0.2, -0.15) is 0 Å². The van der Waals surface area contributed by atoms with Crippen molar-refractivity contribution in [2.75, 3.05) is 20.2 Å². The number of hydrogen-bond donors (Lipinski definition) is 1. The summed E-state index contributed by atoms with van der Waals surface area (Å²) in [6.45, 7) is 2.40. The number of aromatic nitrogens is 2. The van der Waals surface area contributed by atoms with Crippen LogP contribution >= 0.6 is 0 Å². The Kier molecular flexibility index (Phi) is 4.52. The Bertz CT molecular complexity index is 669. The number of H-pyrrole nitrogens is 1. The van der Waals surface area contributed by atoms with Crippen molar-refractivity contribution in [2.45, 2.75) is 13.3 Å².